The van der Waals surface area contributed by atoms with Crippen molar-refractivity contribution >= 4 is 28.5 Å². The first kappa shape index (κ1) is 15.6. The fourth-order valence-electron chi connectivity index (χ4n) is 2.55. The van der Waals surface area contributed by atoms with E-state index in [4.69, 9.17) is 16.0 Å². The molecule has 1 aromatic heterocycles. The Labute approximate surface area is 138 Å². The van der Waals surface area contributed by atoms with Gasteiger partial charge in [-0.1, -0.05) is 23.7 Å². The van der Waals surface area contributed by atoms with Gasteiger partial charge in [0, 0.05) is 29.6 Å². The van der Waals surface area contributed by atoms with Crippen molar-refractivity contribution in [2.24, 2.45) is 0 Å². The molecule has 0 aliphatic rings. The maximum atomic E-state index is 13.2. The molecule has 0 radical (unpaired) electrons. The summed E-state index contributed by atoms with van der Waals surface area (Å²) in [6, 6.07) is 11.4. The number of halogens is 2. The number of carbonyl (C=O) groups is 1. The molecule has 1 heterocycles. The van der Waals surface area contributed by atoms with E-state index in [0.717, 1.165) is 16.5 Å². The molecule has 0 atom stereocenters. The van der Waals surface area contributed by atoms with Crippen LogP contribution < -0.4 is 0 Å². The van der Waals surface area contributed by atoms with Gasteiger partial charge >= 0.3 is 0 Å². The van der Waals surface area contributed by atoms with E-state index in [1.807, 2.05) is 6.92 Å². The molecule has 3 rings (SSSR count). The highest BCUT2D eigenvalue weighted by Crippen LogP contribution is 2.28. The van der Waals surface area contributed by atoms with Crippen molar-refractivity contribution in [3.8, 4) is 0 Å². The number of aryl methyl sites for hydroxylation is 1. The number of nitrogens with zero attached hydrogens (tertiary/aromatic N) is 1. The van der Waals surface area contributed by atoms with Gasteiger partial charge in [-0.25, -0.2) is 4.39 Å². The van der Waals surface area contributed by atoms with E-state index in [2.05, 4.69) is 0 Å². The minimum absolute atomic E-state index is 0.251. The second-order valence-electron chi connectivity index (χ2n) is 5.49. The highest BCUT2D eigenvalue weighted by molar-refractivity contribution is 6.31. The van der Waals surface area contributed by atoms with Gasteiger partial charge in [-0.3, -0.25) is 4.79 Å². The molecule has 0 unspecified atom stereocenters. The highest BCUT2D eigenvalue weighted by Gasteiger charge is 2.21. The summed E-state index contributed by atoms with van der Waals surface area (Å²) in [5.74, 6) is -0.293. The number of amides is 1. The van der Waals surface area contributed by atoms with Crippen LogP contribution in [0.1, 0.15) is 21.7 Å². The molecule has 0 bridgehead atoms. The van der Waals surface area contributed by atoms with Gasteiger partial charge < -0.3 is 9.32 Å². The summed E-state index contributed by atoms with van der Waals surface area (Å²) in [5.41, 5.74) is 2.09. The predicted molar refractivity (Wildman–Crippen MR) is 88.2 cm³/mol. The Balaban J connectivity index is 1.89. The largest absolute Gasteiger partial charge is 0.451 e. The lowest BCUT2D eigenvalue weighted by Gasteiger charge is -2.16. The Bertz CT molecular complexity index is 888. The number of hydrogen-bond donors (Lipinski definition) is 0. The van der Waals surface area contributed by atoms with Gasteiger partial charge in [0.15, 0.2) is 5.76 Å². The third kappa shape index (κ3) is 3.08. The zero-order valence-electron chi connectivity index (χ0n) is 12.8. The van der Waals surface area contributed by atoms with Crippen molar-refractivity contribution in [2.45, 2.75) is 13.5 Å². The number of hydrogen-bond acceptors (Lipinski definition) is 2. The second kappa shape index (κ2) is 6.05. The summed E-state index contributed by atoms with van der Waals surface area (Å²) in [6.07, 6.45) is 0. The Morgan fingerprint density at radius 2 is 2.04 bits per heavy atom. The van der Waals surface area contributed by atoms with Crippen molar-refractivity contribution in [3.63, 3.8) is 0 Å². The summed E-state index contributed by atoms with van der Waals surface area (Å²) in [4.78, 5) is 14.1. The lowest BCUT2D eigenvalue weighted by molar-refractivity contribution is 0.0754. The van der Waals surface area contributed by atoms with Crippen LogP contribution in [0.3, 0.4) is 0 Å². The van der Waals surface area contributed by atoms with Crippen LogP contribution in [0.4, 0.5) is 4.39 Å². The van der Waals surface area contributed by atoms with E-state index in [1.165, 1.54) is 17.0 Å². The van der Waals surface area contributed by atoms with Gasteiger partial charge in [-0.2, -0.15) is 0 Å². The molecule has 2 aromatic carbocycles. The molecule has 0 spiro atoms. The zero-order chi connectivity index (χ0) is 16.6. The van der Waals surface area contributed by atoms with Crippen LogP contribution in [0, 0.1) is 12.7 Å². The van der Waals surface area contributed by atoms with Gasteiger partial charge in [0.2, 0.25) is 0 Å². The summed E-state index contributed by atoms with van der Waals surface area (Å²) in [5, 5.41) is 1.41. The SMILES string of the molecule is Cc1c(C(=O)N(C)Cc2cccc(F)c2)oc2ccc(Cl)cc12. The van der Waals surface area contributed by atoms with E-state index in [1.54, 1.807) is 37.4 Å². The smallest absolute Gasteiger partial charge is 0.289 e. The van der Waals surface area contributed by atoms with E-state index in [0.29, 0.717) is 17.2 Å². The number of carbonyl (C=O) groups excluding carboxylic acids is 1. The van der Waals surface area contributed by atoms with Crippen LogP contribution in [0.25, 0.3) is 11.0 Å². The lowest BCUT2D eigenvalue weighted by Crippen LogP contribution is -2.26. The van der Waals surface area contributed by atoms with Crippen LogP contribution in [0.2, 0.25) is 5.02 Å². The lowest BCUT2D eigenvalue weighted by atomic mass is 10.1. The quantitative estimate of drug-likeness (QED) is 0.690. The number of furan rings is 1. The Morgan fingerprint density at radius 1 is 1.26 bits per heavy atom. The first-order valence-corrected chi connectivity index (χ1v) is 7.52. The van der Waals surface area contributed by atoms with E-state index < -0.39 is 0 Å². The van der Waals surface area contributed by atoms with E-state index >= 15 is 0 Å². The average Bonchev–Trinajstić information content (AvgIpc) is 2.83. The molecule has 118 valence electrons. The maximum Gasteiger partial charge on any atom is 0.289 e. The molecule has 3 nitrogen and oxygen atoms in total. The van der Waals surface area contributed by atoms with Crippen LogP contribution in [0.15, 0.2) is 46.9 Å². The minimum atomic E-state index is -0.321. The zero-order valence-corrected chi connectivity index (χ0v) is 13.5. The molecule has 0 aliphatic heterocycles. The molecule has 0 aliphatic carbocycles. The normalized spacial score (nSPS) is 11.0. The monoisotopic (exact) mass is 331 g/mol. The fourth-order valence-corrected chi connectivity index (χ4v) is 2.72. The van der Waals surface area contributed by atoms with Crippen molar-refractivity contribution < 1.29 is 13.6 Å². The molecule has 0 fully saturated rings. The average molecular weight is 332 g/mol. The van der Waals surface area contributed by atoms with Crippen LogP contribution in [0.5, 0.6) is 0 Å². The molecule has 0 saturated carbocycles. The second-order valence-corrected chi connectivity index (χ2v) is 5.92. The maximum absolute atomic E-state index is 13.2. The van der Waals surface area contributed by atoms with Crippen LogP contribution >= 0.6 is 11.6 Å². The summed E-state index contributed by atoms with van der Waals surface area (Å²) >= 11 is 5.99. The fraction of sp³-hybridized carbons (Fsp3) is 0.167. The highest BCUT2D eigenvalue weighted by atomic mass is 35.5. The topological polar surface area (TPSA) is 33.5 Å². The molecule has 23 heavy (non-hydrogen) atoms. The van der Waals surface area contributed by atoms with Crippen molar-refractivity contribution in [1.29, 1.82) is 0 Å². The number of rotatable bonds is 3. The predicted octanol–water partition coefficient (Wildman–Crippen LogP) is 4.81. The first-order chi connectivity index (χ1) is 11.0. The van der Waals surface area contributed by atoms with Gasteiger partial charge in [0.1, 0.15) is 11.4 Å². The molecule has 5 heteroatoms. The van der Waals surface area contributed by atoms with Crippen molar-refractivity contribution in [3.05, 3.63) is 70.2 Å². The number of benzene rings is 2. The molecule has 3 aromatic rings. The van der Waals surface area contributed by atoms with Crippen LogP contribution in [-0.4, -0.2) is 17.9 Å². The summed E-state index contributed by atoms with van der Waals surface area (Å²) in [7, 11) is 1.66. The number of fused-ring (bicyclic) bond motifs is 1. The Hall–Kier alpha value is -2.33. The Kier molecular flexibility index (Phi) is 4.09. The molecule has 0 N–H and O–H groups in total. The van der Waals surface area contributed by atoms with Gasteiger partial charge in [-0.05, 0) is 42.8 Å². The van der Waals surface area contributed by atoms with Gasteiger partial charge in [-0.15, -0.1) is 0 Å². The van der Waals surface area contributed by atoms with Gasteiger partial charge in [0.05, 0.1) is 0 Å². The molecule has 0 saturated heterocycles. The third-order valence-corrected chi connectivity index (χ3v) is 3.98. The third-order valence-electron chi connectivity index (χ3n) is 3.75. The van der Waals surface area contributed by atoms with Crippen LogP contribution in [-0.2, 0) is 6.54 Å². The van der Waals surface area contributed by atoms with Crippen molar-refractivity contribution in [2.75, 3.05) is 7.05 Å². The minimum Gasteiger partial charge on any atom is -0.451 e. The van der Waals surface area contributed by atoms with E-state index in [-0.39, 0.29) is 17.5 Å². The first-order valence-electron chi connectivity index (χ1n) is 7.14. The standard InChI is InChI=1S/C18H15ClFNO2/c1-11-15-9-13(19)6-7-16(15)23-17(11)18(22)21(2)10-12-4-3-5-14(20)8-12/h3-9H,10H2,1-2H3. The summed E-state index contributed by atoms with van der Waals surface area (Å²) < 4.78 is 18.9. The van der Waals surface area contributed by atoms with E-state index in [9.17, 15) is 9.18 Å². The van der Waals surface area contributed by atoms with Gasteiger partial charge in [0.25, 0.3) is 5.91 Å². The Morgan fingerprint density at radius 3 is 2.78 bits per heavy atom. The van der Waals surface area contributed by atoms with Crippen molar-refractivity contribution in [1.82, 2.24) is 4.90 Å². The molecular formula is C18H15ClFNO2. The summed E-state index contributed by atoms with van der Waals surface area (Å²) in [6.45, 7) is 2.12. The molecule has 1 amide bonds. The molecular weight excluding hydrogens is 317 g/mol.